The van der Waals surface area contributed by atoms with Crippen molar-refractivity contribution in [1.29, 1.82) is 0 Å². The van der Waals surface area contributed by atoms with Gasteiger partial charge in [-0.1, -0.05) is 0 Å². The van der Waals surface area contributed by atoms with Crippen LogP contribution in [0.5, 0.6) is 0 Å². The van der Waals surface area contributed by atoms with Crippen molar-refractivity contribution >= 4 is 0 Å². The Morgan fingerprint density at radius 2 is 1.40 bits per heavy atom. The summed E-state index contributed by atoms with van der Waals surface area (Å²) >= 11 is 0. The van der Waals surface area contributed by atoms with Gasteiger partial charge in [0.2, 0.25) is 0 Å². The van der Waals surface area contributed by atoms with Crippen LogP contribution in [0.25, 0.3) is 0 Å². The lowest BCUT2D eigenvalue weighted by molar-refractivity contribution is -0.108. The van der Waals surface area contributed by atoms with Gasteiger partial charge in [0.15, 0.2) is 6.29 Å². The molecule has 0 unspecified atom stereocenters. The van der Waals surface area contributed by atoms with E-state index in [1.165, 1.54) is 0 Å². The minimum atomic E-state index is -0.0498. The average molecular weight is 217 g/mol. The van der Waals surface area contributed by atoms with Crippen molar-refractivity contribution in [2.24, 2.45) is 0 Å². The van der Waals surface area contributed by atoms with Crippen LogP contribution in [0, 0.1) is 0 Å². The van der Waals surface area contributed by atoms with Crippen LogP contribution in [0.3, 0.4) is 0 Å². The van der Waals surface area contributed by atoms with Crippen LogP contribution in [-0.4, -0.2) is 44.0 Å². The second-order valence-electron chi connectivity index (χ2n) is 4.47. The molecule has 0 aromatic rings. The molecule has 0 saturated carbocycles. The molecule has 0 amide bonds. The Bertz CT molecular complexity index is 137. The number of methoxy groups -OCH3 is 2. The number of hydrogen-bond donors (Lipinski definition) is 0. The molecule has 0 N–H and O–H groups in total. The third-order valence-corrected chi connectivity index (χ3v) is 2.71. The highest BCUT2D eigenvalue weighted by Gasteiger charge is 2.13. The molecule has 0 rings (SSSR count). The molecule has 0 aromatic heterocycles. The Morgan fingerprint density at radius 3 is 1.73 bits per heavy atom. The van der Waals surface area contributed by atoms with Crippen LogP contribution < -0.4 is 0 Å². The second-order valence-corrected chi connectivity index (χ2v) is 4.47. The highest BCUT2D eigenvalue weighted by Crippen LogP contribution is 2.09. The van der Waals surface area contributed by atoms with E-state index in [4.69, 9.17) is 9.47 Å². The Morgan fingerprint density at radius 1 is 0.933 bits per heavy atom. The molecule has 0 bridgehead atoms. The number of hydrogen-bond acceptors (Lipinski definition) is 3. The van der Waals surface area contributed by atoms with E-state index in [0.29, 0.717) is 12.1 Å². The van der Waals surface area contributed by atoms with Crippen molar-refractivity contribution in [3.63, 3.8) is 0 Å². The third-order valence-electron chi connectivity index (χ3n) is 2.71. The fourth-order valence-electron chi connectivity index (χ4n) is 1.89. The van der Waals surface area contributed by atoms with Crippen molar-refractivity contribution in [2.45, 2.75) is 58.9 Å². The van der Waals surface area contributed by atoms with Crippen molar-refractivity contribution in [1.82, 2.24) is 4.90 Å². The number of rotatable bonds is 8. The molecule has 3 heteroatoms. The molecule has 0 aromatic carbocycles. The molecule has 0 aliphatic carbocycles. The summed E-state index contributed by atoms with van der Waals surface area (Å²) in [5, 5.41) is 0. The van der Waals surface area contributed by atoms with Gasteiger partial charge in [0, 0.05) is 26.3 Å². The highest BCUT2D eigenvalue weighted by atomic mass is 16.7. The molecule has 0 fully saturated rings. The molecule has 0 heterocycles. The molecule has 92 valence electrons. The first-order valence-corrected chi connectivity index (χ1v) is 5.84. The fourth-order valence-corrected chi connectivity index (χ4v) is 1.89. The van der Waals surface area contributed by atoms with Crippen LogP contribution in [0.1, 0.15) is 40.5 Å². The van der Waals surface area contributed by atoms with Crippen LogP contribution in [0.2, 0.25) is 0 Å². The molecule has 0 spiro atoms. The second kappa shape index (κ2) is 8.08. The first kappa shape index (κ1) is 14.9. The van der Waals surface area contributed by atoms with E-state index < -0.39 is 0 Å². The maximum atomic E-state index is 5.16. The summed E-state index contributed by atoms with van der Waals surface area (Å²) in [5.74, 6) is 0. The van der Waals surface area contributed by atoms with Gasteiger partial charge in [-0.25, -0.2) is 0 Å². The average Bonchev–Trinajstić information content (AvgIpc) is 2.17. The van der Waals surface area contributed by atoms with Crippen LogP contribution >= 0.6 is 0 Å². The van der Waals surface area contributed by atoms with Crippen LogP contribution in [-0.2, 0) is 9.47 Å². The lowest BCUT2D eigenvalue weighted by atomic mass is 10.2. The summed E-state index contributed by atoms with van der Waals surface area (Å²) in [6, 6.07) is 1.21. The number of nitrogens with zero attached hydrogens (tertiary/aromatic N) is 1. The van der Waals surface area contributed by atoms with Crippen molar-refractivity contribution in [3.05, 3.63) is 0 Å². The monoisotopic (exact) mass is 217 g/mol. The predicted octanol–water partition coefficient (Wildman–Crippen LogP) is 2.50. The minimum Gasteiger partial charge on any atom is -0.356 e. The molecule has 0 saturated heterocycles. The van der Waals surface area contributed by atoms with Gasteiger partial charge in [0.1, 0.15) is 0 Å². The molecule has 0 atom stereocenters. The van der Waals surface area contributed by atoms with E-state index in [9.17, 15) is 0 Å². The summed E-state index contributed by atoms with van der Waals surface area (Å²) in [7, 11) is 3.38. The molecular weight excluding hydrogens is 190 g/mol. The summed E-state index contributed by atoms with van der Waals surface area (Å²) < 4.78 is 10.3. The maximum absolute atomic E-state index is 5.16. The van der Waals surface area contributed by atoms with E-state index in [1.807, 2.05) is 0 Å². The Balaban J connectivity index is 3.80. The van der Waals surface area contributed by atoms with Crippen LogP contribution in [0.4, 0.5) is 0 Å². The van der Waals surface area contributed by atoms with Gasteiger partial charge >= 0.3 is 0 Å². The van der Waals surface area contributed by atoms with Gasteiger partial charge in [-0.05, 0) is 47.1 Å². The topological polar surface area (TPSA) is 21.7 Å². The summed E-state index contributed by atoms with van der Waals surface area (Å²) in [6.45, 7) is 10.1. The zero-order valence-electron chi connectivity index (χ0n) is 11.1. The first-order valence-electron chi connectivity index (χ1n) is 5.84. The van der Waals surface area contributed by atoms with E-state index >= 15 is 0 Å². The Labute approximate surface area is 94.7 Å². The summed E-state index contributed by atoms with van der Waals surface area (Å²) in [6.07, 6.45) is 2.03. The van der Waals surface area contributed by atoms with Crippen LogP contribution in [0.15, 0.2) is 0 Å². The maximum Gasteiger partial charge on any atom is 0.156 e. The Kier molecular flexibility index (Phi) is 8.02. The zero-order valence-corrected chi connectivity index (χ0v) is 11.1. The van der Waals surface area contributed by atoms with E-state index in [-0.39, 0.29) is 6.29 Å². The third kappa shape index (κ3) is 6.13. The van der Waals surface area contributed by atoms with Gasteiger partial charge in [-0.3, -0.25) is 4.90 Å². The molecule has 0 radical (unpaired) electrons. The van der Waals surface area contributed by atoms with Gasteiger partial charge < -0.3 is 9.47 Å². The Hall–Kier alpha value is -0.120. The molecular formula is C12H27NO2. The molecule has 15 heavy (non-hydrogen) atoms. The van der Waals surface area contributed by atoms with E-state index in [0.717, 1.165) is 19.4 Å². The fraction of sp³-hybridized carbons (Fsp3) is 1.00. The van der Waals surface area contributed by atoms with Gasteiger partial charge in [0.25, 0.3) is 0 Å². The summed E-state index contributed by atoms with van der Waals surface area (Å²) in [5.41, 5.74) is 0. The van der Waals surface area contributed by atoms with Gasteiger partial charge in [0.05, 0.1) is 0 Å². The van der Waals surface area contributed by atoms with Gasteiger partial charge in [-0.2, -0.15) is 0 Å². The lowest BCUT2D eigenvalue weighted by Gasteiger charge is -2.30. The minimum absolute atomic E-state index is 0.0498. The largest absolute Gasteiger partial charge is 0.356 e. The molecule has 3 nitrogen and oxygen atoms in total. The zero-order chi connectivity index (χ0) is 11.8. The van der Waals surface area contributed by atoms with E-state index in [1.54, 1.807) is 14.2 Å². The standard InChI is InChI=1S/C12H27NO2/c1-10(2)13(11(3)4)9-7-8-12(14-5)15-6/h10-12H,7-9H2,1-6H3. The predicted molar refractivity (Wildman–Crippen MR) is 64.0 cm³/mol. The first-order chi connectivity index (χ1) is 7.02. The van der Waals surface area contributed by atoms with Gasteiger partial charge in [-0.15, -0.1) is 0 Å². The normalized spacial score (nSPS) is 12.4. The quantitative estimate of drug-likeness (QED) is 0.583. The number of ether oxygens (including phenoxy) is 2. The SMILES string of the molecule is COC(CCCN(C(C)C)C(C)C)OC. The molecule has 0 aliphatic rings. The highest BCUT2D eigenvalue weighted by molar-refractivity contribution is 4.67. The van der Waals surface area contributed by atoms with E-state index in [2.05, 4.69) is 32.6 Å². The smallest absolute Gasteiger partial charge is 0.156 e. The van der Waals surface area contributed by atoms with Crippen molar-refractivity contribution < 1.29 is 9.47 Å². The summed E-state index contributed by atoms with van der Waals surface area (Å²) in [4.78, 5) is 2.49. The molecule has 0 aliphatic heterocycles. The van der Waals surface area contributed by atoms with Crippen molar-refractivity contribution in [3.8, 4) is 0 Å². The van der Waals surface area contributed by atoms with Crippen molar-refractivity contribution in [2.75, 3.05) is 20.8 Å². The lowest BCUT2D eigenvalue weighted by Crippen LogP contribution is -2.38.